The van der Waals surface area contributed by atoms with Crippen LogP contribution in [0.5, 0.6) is 5.75 Å². The van der Waals surface area contributed by atoms with Gasteiger partial charge in [0.25, 0.3) is 0 Å². The van der Waals surface area contributed by atoms with Gasteiger partial charge in [0, 0.05) is 12.7 Å². The van der Waals surface area contributed by atoms with Gasteiger partial charge in [-0.05, 0) is 38.4 Å². The summed E-state index contributed by atoms with van der Waals surface area (Å²) >= 11 is 0. The molecule has 1 unspecified atom stereocenters. The van der Waals surface area contributed by atoms with Crippen LogP contribution in [-0.2, 0) is 10.3 Å². The number of benzene rings is 1. The van der Waals surface area contributed by atoms with Crippen molar-refractivity contribution in [1.82, 2.24) is 0 Å². The lowest BCUT2D eigenvalue weighted by atomic mass is 9.88. The van der Waals surface area contributed by atoms with Crippen molar-refractivity contribution in [3.05, 3.63) is 29.3 Å². The molecule has 1 atom stereocenters. The van der Waals surface area contributed by atoms with Crippen LogP contribution >= 0.6 is 0 Å². The molecule has 0 aliphatic rings. The van der Waals surface area contributed by atoms with E-state index in [0.29, 0.717) is 18.7 Å². The third kappa shape index (κ3) is 3.45. The zero-order valence-corrected chi connectivity index (χ0v) is 11.4. The summed E-state index contributed by atoms with van der Waals surface area (Å²) in [4.78, 5) is 0. The number of aliphatic hydroxyl groups is 1. The van der Waals surface area contributed by atoms with Crippen LogP contribution in [0, 0.1) is 6.92 Å². The van der Waals surface area contributed by atoms with Crippen molar-refractivity contribution < 1.29 is 14.6 Å². The van der Waals surface area contributed by atoms with Crippen LogP contribution in [0.15, 0.2) is 18.2 Å². The molecular weight excluding hydrogens is 230 g/mol. The summed E-state index contributed by atoms with van der Waals surface area (Å²) < 4.78 is 10.5. The molecule has 0 aromatic heterocycles. The van der Waals surface area contributed by atoms with Crippen molar-refractivity contribution in [3.8, 4) is 5.75 Å². The van der Waals surface area contributed by atoms with E-state index in [2.05, 4.69) is 0 Å². The molecule has 0 spiro atoms. The molecule has 18 heavy (non-hydrogen) atoms. The maximum absolute atomic E-state index is 10.8. The smallest absolute Gasteiger partial charge is 0.125 e. The van der Waals surface area contributed by atoms with E-state index in [1.165, 1.54) is 0 Å². The molecule has 0 saturated heterocycles. The van der Waals surface area contributed by atoms with E-state index in [1.807, 2.05) is 25.1 Å². The minimum atomic E-state index is -1.05. The summed E-state index contributed by atoms with van der Waals surface area (Å²) in [6.45, 7) is 2.76. The number of ether oxygens (including phenoxy) is 2. The average Bonchev–Trinajstić information content (AvgIpc) is 2.36. The fraction of sp³-hybridized carbons (Fsp3) is 0.571. The first kappa shape index (κ1) is 15.0. The molecule has 0 aliphatic heterocycles. The van der Waals surface area contributed by atoms with Crippen molar-refractivity contribution >= 4 is 0 Å². The van der Waals surface area contributed by atoms with E-state index < -0.39 is 5.60 Å². The highest BCUT2D eigenvalue weighted by Crippen LogP contribution is 2.34. The molecule has 4 nitrogen and oxygen atoms in total. The molecule has 4 heteroatoms. The van der Waals surface area contributed by atoms with E-state index in [1.54, 1.807) is 14.2 Å². The monoisotopic (exact) mass is 253 g/mol. The Labute approximate surface area is 109 Å². The van der Waals surface area contributed by atoms with Gasteiger partial charge in [-0.1, -0.05) is 11.6 Å². The summed E-state index contributed by atoms with van der Waals surface area (Å²) in [5.74, 6) is 0.678. The van der Waals surface area contributed by atoms with Gasteiger partial charge in [-0.15, -0.1) is 0 Å². The summed E-state index contributed by atoms with van der Waals surface area (Å²) in [7, 11) is 3.18. The third-order valence-corrected chi connectivity index (χ3v) is 3.03. The predicted molar refractivity (Wildman–Crippen MR) is 71.8 cm³/mol. The Hall–Kier alpha value is -1.10. The van der Waals surface area contributed by atoms with Crippen molar-refractivity contribution in [2.24, 2.45) is 5.73 Å². The largest absolute Gasteiger partial charge is 0.496 e. The topological polar surface area (TPSA) is 64.7 Å². The van der Waals surface area contributed by atoms with Gasteiger partial charge >= 0.3 is 0 Å². The minimum Gasteiger partial charge on any atom is -0.496 e. The first-order chi connectivity index (χ1) is 8.57. The highest BCUT2D eigenvalue weighted by atomic mass is 16.5. The number of aryl methyl sites for hydroxylation is 1. The summed E-state index contributed by atoms with van der Waals surface area (Å²) in [5, 5.41) is 10.8. The Bertz CT molecular complexity index is 381. The summed E-state index contributed by atoms with van der Waals surface area (Å²) in [6, 6.07) is 5.76. The van der Waals surface area contributed by atoms with Gasteiger partial charge in [0.2, 0.25) is 0 Å². The maximum atomic E-state index is 10.8. The summed E-state index contributed by atoms with van der Waals surface area (Å²) in [5.41, 5.74) is 6.32. The molecule has 1 rings (SSSR count). The van der Waals surface area contributed by atoms with Crippen LogP contribution in [0.3, 0.4) is 0 Å². The van der Waals surface area contributed by atoms with Crippen LogP contribution < -0.4 is 10.5 Å². The zero-order chi connectivity index (χ0) is 13.6. The van der Waals surface area contributed by atoms with Crippen LogP contribution in [0.1, 0.15) is 24.0 Å². The molecule has 0 heterocycles. The third-order valence-electron chi connectivity index (χ3n) is 3.03. The highest BCUT2D eigenvalue weighted by molar-refractivity contribution is 5.41. The quantitative estimate of drug-likeness (QED) is 0.774. The van der Waals surface area contributed by atoms with Crippen molar-refractivity contribution in [3.63, 3.8) is 0 Å². The second-order valence-corrected chi connectivity index (χ2v) is 4.56. The predicted octanol–water partition coefficient (Wildman–Crippen LogP) is 1.58. The van der Waals surface area contributed by atoms with Gasteiger partial charge in [0.05, 0.1) is 13.7 Å². The number of nitrogens with two attached hydrogens (primary N) is 1. The Kier molecular flexibility index (Phi) is 5.59. The van der Waals surface area contributed by atoms with E-state index >= 15 is 0 Å². The number of hydrogen-bond acceptors (Lipinski definition) is 4. The molecule has 0 fully saturated rings. The van der Waals surface area contributed by atoms with Gasteiger partial charge in [-0.25, -0.2) is 0 Å². The van der Waals surface area contributed by atoms with Crippen LogP contribution in [0.2, 0.25) is 0 Å². The van der Waals surface area contributed by atoms with Crippen LogP contribution in [0.4, 0.5) is 0 Å². The average molecular weight is 253 g/mol. The lowest BCUT2D eigenvalue weighted by Gasteiger charge is -2.29. The number of rotatable bonds is 7. The molecule has 1 aromatic carbocycles. The van der Waals surface area contributed by atoms with Gasteiger partial charge in [0.15, 0.2) is 0 Å². The van der Waals surface area contributed by atoms with Crippen molar-refractivity contribution in [2.75, 3.05) is 27.4 Å². The van der Waals surface area contributed by atoms with Gasteiger partial charge in [0.1, 0.15) is 11.4 Å². The van der Waals surface area contributed by atoms with Gasteiger partial charge in [-0.2, -0.15) is 0 Å². The molecule has 102 valence electrons. The SMILES string of the molecule is COCC(O)(CCCN)c1cc(C)ccc1OC. The lowest BCUT2D eigenvalue weighted by molar-refractivity contribution is -0.0443. The molecular formula is C14H23NO3. The summed E-state index contributed by atoms with van der Waals surface area (Å²) in [6.07, 6.45) is 1.29. The first-order valence-corrected chi connectivity index (χ1v) is 6.14. The molecule has 0 amide bonds. The van der Waals surface area contributed by atoms with E-state index in [0.717, 1.165) is 17.5 Å². The second kappa shape index (κ2) is 6.73. The number of methoxy groups -OCH3 is 2. The molecule has 0 bridgehead atoms. The van der Waals surface area contributed by atoms with Crippen LogP contribution in [0.25, 0.3) is 0 Å². The number of hydrogen-bond donors (Lipinski definition) is 2. The van der Waals surface area contributed by atoms with E-state index in [4.69, 9.17) is 15.2 Å². The maximum Gasteiger partial charge on any atom is 0.125 e. The minimum absolute atomic E-state index is 0.229. The zero-order valence-electron chi connectivity index (χ0n) is 11.4. The lowest BCUT2D eigenvalue weighted by Crippen LogP contribution is -2.32. The van der Waals surface area contributed by atoms with Gasteiger partial charge in [-0.3, -0.25) is 0 Å². The van der Waals surface area contributed by atoms with Crippen molar-refractivity contribution in [1.29, 1.82) is 0 Å². The highest BCUT2D eigenvalue weighted by Gasteiger charge is 2.31. The Morgan fingerprint density at radius 2 is 2.06 bits per heavy atom. The Balaban J connectivity index is 3.14. The second-order valence-electron chi connectivity index (χ2n) is 4.56. The molecule has 3 N–H and O–H groups in total. The fourth-order valence-electron chi connectivity index (χ4n) is 2.10. The van der Waals surface area contributed by atoms with Crippen molar-refractivity contribution in [2.45, 2.75) is 25.4 Å². The first-order valence-electron chi connectivity index (χ1n) is 6.14. The molecule has 0 aliphatic carbocycles. The Morgan fingerprint density at radius 3 is 2.61 bits per heavy atom. The fourth-order valence-corrected chi connectivity index (χ4v) is 2.10. The van der Waals surface area contributed by atoms with Crippen LogP contribution in [-0.4, -0.2) is 32.5 Å². The molecule has 0 radical (unpaired) electrons. The normalized spacial score (nSPS) is 14.3. The van der Waals surface area contributed by atoms with E-state index in [-0.39, 0.29) is 6.61 Å². The van der Waals surface area contributed by atoms with E-state index in [9.17, 15) is 5.11 Å². The molecule has 1 aromatic rings. The molecule has 0 saturated carbocycles. The standard InChI is InChI=1S/C14H23NO3/c1-11-5-6-13(18-3)12(9-11)14(16,10-17-2)7-4-8-15/h5-6,9,16H,4,7-8,10,15H2,1-3H3. The Morgan fingerprint density at radius 1 is 1.33 bits per heavy atom. The van der Waals surface area contributed by atoms with Gasteiger partial charge < -0.3 is 20.3 Å².